The highest BCUT2D eigenvalue weighted by molar-refractivity contribution is 6.31. The first kappa shape index (κ1) is 15.6. The molecule has 21 heavy (non-hydrogen) atoms. The fraction of sp³-hybridized carbons (Fsp3) is 0.375. The summed E-state index contributed by atoms with van der Waals surface area (Å²) in [5, 5.41) is 3.53. The van der Waals surface area contributed by atoms with E-state index in [1.807, 2.05) is 19.9 Å². The van der Waals surface area contributed by atoms with E-state index >= 15 is 0 Å². The Balaban J connectivity index is 2.33. The summed E-state index contributed by atoms with van der Waals surface area (Å²) in [7, 11) is 0. The van der Waals surface area contributed by atoms with Gasteiger partial charge in [-0.25, -0.2) is 4.98 Å². The third-order valence-corrected chi connectivity index (χ3v) is 3.58. The number of halogens is 1. The summed E-state index contributed by atoms with van der Waals surface area (Å²) in [5.41, 5.74) is 3.31. The van der Waals surface area contributed by atoms with Crippen molar-refractivity contribution in [1.29, 1.82) is 0 Å². The number of rotatable bonds is 5. The molecule has 0 fully saturated rings. The number of hydrogen-bond donors (Lipinski definition) is 1. The maximum Gasteiger partial charge on any atom is 0.243 e. The quantitative estimate of drug-likeness (QED) is 0.872. The molecular weight excluding hydrogens is 286 g/mol. The van der Waals surface area contributed by atoms with E-state index in [9.17, 15) is 0 Å². The summed E-state index contributed by atoms with van der Waals surface area (Å²) in [4.78, 5) is 8.49. The van der Waals surface area contributed by atoms with Crippen molar-refractivity contribution >= 4 is 17.5 Å². The monoisotopic (exact) mass is 305 g/mol. The van der Waals surface area contributed by atoms with Crippen molar-refractivity contribution in [2.75, 3.05) is 11.9 Å². The van der Waals surface area contributed by atoms with Gasteiger partial charge in [-0.05, 0) is 43.9 Å². The molecule has 2 rings (SSSR count). The molecule has 0 aliphatic heterocycles. The Morgan fingerprint density at radius 1 is 1.19 bits per heavy atom. The standard InChI is InChI=1S/C16H20ClN3O/c1-5-8-18-16-19-9-13(17)15(20-16)21-14-11(3)7-6-10(2)12(14)4/h6-7,9H,5,8H2,1-4H3,(H,18,19,20). The van der Waals surface area contributed by atoms with Gasteiger partial charge in [-0.1, -0.05) is 30.7 Å². The predicted molar refractivity (Wildman–Crippen MR) is 86.5 cm³/mol. The van der Waals surface area contributed by atoms with Crippen LogP contribution in [0.5, 0.6) is 11.6 Å². The van der Waals surface area contributed by atoms with Gasteiger partial charge in [-0.15, -0.1) is 0 Å². The molecule has 1 aromatic heterocycles. The Hall–Kier alpha value is -1.81. The van der Waals surface area contributed by atoms with Crippen molar-refractivity contribution in [2.24, 2.45) is 0 Å². The zero-order chi connectivity index (χ0) is 15.4. The van der Waals surface area contributed by atoms with E-state index in [0.717, 1.165) is 29.8 Å². The highest BCUT2D eigenvalue weighted by Crippen LogP contribution is 2.33. The smallest absolute Gasteiger partial charge is 0.243 e. The predicted octanol–water partition coefficient (Wildman–Crippen LogP) is 4.67. The van der Waals surface area contributed by atoms with Crippen molar-refractivity contribution < 1.29 is 4.74 Å². The molecule has 112 valence electrons. The first-order chi connectivity index (χ1) is 10.0. The summed E-state index contributed by atoms with van der Waals surface area (Å²) >= 11 is 6.15. The molecule has 0 bridgehead atoms. The van der Waals surface area contributed by atoms with Gasteiger partial charge < -0.3 is 10.1 Å². The number of nitrogens with one attached hydrogen (secondary N) is 1. The second-order valence-corrected chi connectivity index (χ2v) is 5.44. The molecule has 1 N–H and O–H groups in total. The van der Waals surface area contributed by atoms with E-state index < -0.39 is 0 Å². The molecule has 0 aliphatic carbocycles. The second-order valence-electron chi connectivity index (χ2n) is 5.03. The maximum atomic E-state index is 6.15. The zero-order valence-corrected chi connectivity index (χ0v) is 13.6. The number of aryl methyl sites for hydroxylation is 2. The fourth-order valence-electron chi connectivity index (χ4n) is 1.92. The van der Waals surface area contributed by atoms with Crippen molar-refractivity contribution in [3.8, 4) is 11.6 Å². The van der Waals surface area contributed by atoms with Crippen LogP contribution in [0.2, 0.25) is 5.02 Å². The number of anilines is 1. The highest BCUT2D eigenvalue weighted by Gasteiger charge is 2.12. The lowest BCUT2D eigenvalue weighted by Gasteiger charge is -2.14. The maximum absolute atomic E-state index is 6.15. The Bertz CT molecular complexity index is 644. The van der Waals surface area contributed by atoms with Crippen LogP contribution >= 0.6 is 11.6 Å². The van der Waals surface area contributed by atoms with Gasteiger partial charge >= 0.3 is 0 Å². The number of nitrogens with zero attached hydrogens (tertiary/aromatic N) is 2. The van der Waals surface area contributed by atoms with E-state index in [1.54, 1.807) is 6.20 Å². The van der Waals surface area contributed by atoms with Crippen molar-refractivity contribution in [3.05, 3.63) is 40.0 Å². The normalized spacial score (nSPS) is 10.5. The van der Waals surface area contributed by atoms with Gasteiger partial charge in [0.05, 0.1) is 6.20 Å². The van der Waals surface area contributed by atoms with Crippen LogP contribution < -0.4 is 10.1 Å². The fourth-order valence-corrected chi connectivity index (χ4v) is 2.05. The van der Waals surface area contributed by atoms with E-state index in [0.29, 0.717) is 16.9 Å². The van der Waals surface area contributed by atoms with Gasteiger partial charge in [0.2, 0.25) is 11.8 Å². The minimum Gasteiger partial charge on any atom is -0.437 e. The molecule has 0 saturated carbocycles. The summed E-state index contributed by atoms with van der Waals surface area (Å²) in [6, 6.07) is 4.11. The lowest BCUT2D eigenvalue weighted by molar-refractivity contribution is 0.455. The van der Waals surface area contributed by atoms with Crippen LogP contribution in [0, 0.1) is 20.8 Å². The summed E-state index contributed by atoms with van der Waals surface area (Å²) < 4.78 is 5.95. The zero-order valence-electron chi connectivity index (χ0n) is 12.8. The number of hydrogen-bond acceptors (Lipinski definition) is 4. The number of aromatic nitrogens is 2. The molecule has 0 spiro atoms. The Kier molecular flexibility index (Phi) is 5.02. The molecule has 2 aromatic rings. The average molecular weight is 306 g/mol. The summed E-state index contributed by atoms with van der Waals surface area (Å²) in [6.07, 6.45) is 2.56. The first-order valence-corrected chi connectivity index (χ1v) is 7.41. The molecular formula is C16H20ClN3O. The lowest BCUT2D eigenvalue weighted by atomic mass is 10.1. The first-order valence-electron chi connectivity index (χ1n) is 7.04. The minimum absolute atomic E-state index is 0.377. The summed E-state index contributed by atoms with van der Waals surface area (Å²) in [6.45, 7) is 8.98. The van der Waals surface area contributed by atoms with Crippen LogP contribution in [0.25, 0.3) is 0 Å². The molecule has 0 aliphatic rings. The SMILES string of the molecule is CCCNc1ncc(Cl)c(Oc2c(C)ccc(C)c2C)n1. The van der Waals surface area contributed by atoms with Crippen LogP contribution in [-0.4, -0.2) is 16.5 Å². The van der Waals surface area contributed by atoms with Crippen LogP contribution in [0.15, 0.2) is 18.3 Å². The largest absolute Gasteiger partial charge is 0.437 e. The third-order valence-electron chi connectivity index (χ3n) is 3.32. The minimum atomic E-state index is 0.377. The van der Waals surface area contributed by atoms with Crippen molar-refractivity contribution in [2.45, 2.75) is 34.1 Å². The van der Waals surface area contributed by atoms with Gasteiger partial charge in [0.25, 0.3) is 0 Å². The molecule has 1 heterocycles. The second kappa shape index (κ2) is 6.76. The third kappa shape index (κ3) is 3.64. The molecule has 1 aromatic carbocycles. The van der Waals surface area contributed by atoms with Crippen LogP contribution in [0.4, 0.5) is 5.95 Å². The van der Waals surface area contributed by atoms with Crippen molar-refractivity contribution in [1.82, 2.24) is 9.97 Å². The van der Waals surface area contributed by atoms with Crippen LogP contribution in [0.1, 0.15) is 30.0 Å². The molecule has 0 amide bonds. The highest BCUT2D eigenvalue weighted by atomic mass is 35.5. The van der Waals surface area contributed by atoms with Crippen LogP contribution in [0.3, 0.4) is 0 Å². The van der Waals surface area contributed by atoms with Gasteiger partial charge in [-0.3, -0.25) is 0 Å². The molecule has 0 atom stereocenters. The van der Waals surface area contributed by atoms with Crippen molar-refractivity contribution in [3.63, 3.8) is 0 Å². The van der Waals surface area contributed by atoms with Gasteiger partial charge in [0.15, 0.2) is 0 Å². The topological polar surface area (TPSA) is 47.0 Å². The van der Waals surface area contributed by atoms with E-state index in [1.165, 1.54) is 5.56 Å². The Morgan fingerprint density at radius 2 is 1.90 bits per heavy atom. The van der Waals surface area contributed by atoms with Gasteiger partial charge in [0, 0.05) is 6.54 Å². The Labute approximate surface area is 130 Å². The molecule has 4 nitrogen and oxygen atoms in total. The number of ether oxygens (including phenoxy) is 1. The molecule has 0 saturated heterocycles. The molecule has 0 radical (unpaired) electrons. The van der Waals surface area contributed by atoms with Crippen LogP contribution in [-0.2, 0) is 0 Å². The average Bonchev–Trinajstić information content (AvgIpc) is 2.48. The Morgan fingerprint density at radius 3 is 2.62 bits per heavy atom. The summed E-state index contributed by atoms with van der Waals surface area (Å²) in [5.74, 6) is 1.71. The van der Waals surface area contributed by atoms with E-state index in [2.05, 4.69) is 35.2 Å². The molecule has 0 unspecified atom stereocenters. The van der Waals surface area contributed by atoms with E-state index in [-0.39, 0.29) is 0 Å². The lowest BCUT2D eigenvalue weighted by Crippen LogP contribution is -2.05. The van der Waals surface area contributed by atoms with Gasteiger partial charge in [0.1, 0.15) is 10.8 Å². The number of benzene rings is 1. The van der Waals surface area contributed by atoms with E-state index in [4.69, 9.17) is 16.3 Å². The van der Waals surface area contributed by atoms with Gasteiger partial charge in [-0.2, -0.15) is 4.98 Å². The molecule has 5 heteroatoms.